The topological polar surface area (TPSA) is 12.0 Å². The van der Waals surface area contributed by atoms with Crippen molar-refractivity contribution in [1.82, 2.24) is 0 Å². The molecule has 2 heteroatoms. The quantitative estimate of drug-likeness (QED) is 0.618. The molecule has 0 radical (unpaired) electrons. The van der Waals surface area contributed by atoms with Gasteiger partial charge in [-0.25, -0.2) is 4.39 Å². The third kappa shape index (κ3) is 0.631. The average molecular weight is 163 g/mol. The summed E-state index contributed by atoms with van der Waals surface area (Å²) in [5, 5.41) is 3.25. The summed E-state index contributed by atoms with van der Waals surface area (Å²) >= 11 is 0. The van der Waals surface area contributed by atoms with Crippen molar-refractivity contribution >= 4 is 5.69 Å². The highest BCUT2D eigenvalue weighted by Gasteiger charge is 2.50. The molecule has 0 unspecified atom stereocenters. The molecule has 1 aliphatic carbocycles. The summed E-state index contributed by atoms with van der Waals surface area (Å²) in [5.74, 6) is -0.0324. The molecule has 3 rings (SSSR count). The number of nitrogens with one attached hydrogen (secondary N) is 1. The van der Waals surface area contributed by atoms with Crippen LogP contribution in [0.1, 0.15) is 18.4 Å². The summed E-state index contributed by atoms with van der Waals surface area (Å²) in [5.41, 5.74) is 2.12. The van der Waals surface area contributed by atoms with E-state index in [1.807, 2.05) is 6.07 Å². The van der Waals surface area contributed by atoms with E-state index >= 15 is 0 Å². The largest absolute Gasteiger partial charge is 0.384 e. The van der Waals surface area contributed by atoms with Crippen LogP contribution in [-0.4, -0.2) is 6.54 Å². The SMILES string of the molecule is Fc1cccc2c1C1(CC1)CN2. The maximum absolute atomic E-state index is 13.4. The predicted molar refractivity (Wildman–Crippen MR) is 45.8 cm³/mol. The van der Waals surface area contributed by atoms with Gasteiger partial charge in [0.1, 0.15) is 5.82 Å². The Hall–Kier alpha value is -1.05. The van der Waals surface area contributed by atoms with Crippen molar-refractivity contribution in [1.29, 1.82) is 0 Å². The van der Waals surface area contributed by atoms with Gasteiger partial charge in [-0.05, 0) is 25.0 Å². The van der Waals surface area contributed by atoms with Crippen molar-refractivity contribution in [3.8, 4) is 0 Å². The van der Waals surface area contributed by atoms with Crippen LogP contribution in [-0.2, 0) is 5.41 Å². The van der Waals surface area contributed by atoms with Crippen molar-refractivity contribution in [2.24, 2.45) is 0 Å². The van der Waals surface area contributed by atoms with Crippen LogP contribution in [0, 0.1) is 5.82 Å². The van der Waals surface area contributed by atoms with Gasteiger partial charge in [0.05, 0.1) is 0 Å². The smallest absolute Gasteiger partial charge is 0.129 e. The molecule has 0 aromatic heterocycles. The van der Waals surface area contributed by atoms with Crippen LogP contribution in [0.3, 0.4) is 0 Å². The predicted octanol–water partition coefficient (Wildman–Crippen LogP) is 2.28. The maximum Gasteiger partial charge on any atom is 0.129 e. The van der Waals surface area contributed by atoms with Crippen LogP contribution >= 0.6 is 0 Å². The van der Waals surface area contributed by atoms with Gasteiger partial charge in [0.2, 0.25) is 0 Å². The van der Waals surface area contributed by atoms with E-state index in [-0.39, 0.29) is 11.2 Å². The first-order chi connectivity index (χ1) is 5.82. The molecule has 0 amide bonds. The van der Waals surface area contributed by atoms with Crippen molar-refractivity contribution in [2.75, 3.05) is 11.9 Å². The standard InChI is InChI=1S/C10H10FN/c11-7-2-1-3-8-9(7)10(4-5-10)6-12-8/h1-3,12H,4-6H2. The number of anilines is 1. The van der Waals surface area contributed by atoms with Crippen molar-refractivity contribution in [3.63, 3.8) is 0 Å². The number of benzene rings is 1. The summed E-state index contributed by atoms with van der Waals surface area (Å²) in [6.07, 6.45) is 2.29. The van der Waals surface area contributed by atoms with E-state index < -0.39 is 0 Å². The van der Waals surface area contributed by atoms with Crippen LogP contribution in [0.25, 0.3) is 0 Å². The summed E-state index contributed by atoms with van der Waals surface area (Å²) in [6.45, 7) is 0.934. The second-order valence-electron chi connectivity index (χ2n) is 3.80. The Morgan fingerprint density at radius 3 is 2.92 bits per heavy atom. The minimum Gasteiger partial charge on any atom is -0.384 e. The average Bonchev–Trinajstić information content (AvgIpc) is 2.71. The number of hydrogen-bond donors (Lipinski definition) is 1. The molecular weight excluding hydrogens is 153 g/mol. The van der Waals surface area contributed by atoms with E-state index in [0.29, 0.717) is 0 Å². The first kappa shape index (κ1) is 6.46. The highest BCUT2D eigenvalue weighted by molar-refractivity contribution is 5.63. The summed E-state index contributed by atoms with van der Waals surface area (Å²) < 4.78 is 13.4. The summed E-state index contributed by atoms with van der Waals surface area (Å²) in [4.78, 5) is 0. The number of fused-ring (bicyclic) bond motifs is 2. The Bertz CT molecular complexity index is 342. The summed E-state index contributed by atoms with van der Waals surface area (Å²) in [7, 11) is 0. The molecule has 0 atom stereocenters. The molecule has 12 heavy (non-hydrogen) atoms. The second kappa shape index (κ2) is 1.82. The Morgan fingerprint density at radius 1 is 1.33 bits per heavy atom. The van der Waals surface area contributed by atoms with Crippen LogP contribution in [0.4, 0.5) is 10.1 Å². The molecule has 1 N–H and O–H groups in total. The molecule has 1 aliphatic heterocycles. The lowest BCUT2D eigenvalue weighted by molar-refractivity contribution is 0.592. The molecular formula is C10H10FN. The van der Waals surface area contributed by atoms with E-state index in [4.69, 9.17) is 0 Å². The minimum atomic E-state index is -0.0324. The monoisotopic (exact) mass is 163 g/mol. The molecule has 1 fully saturated rings. The van der Waals surface area contributed by atoms with Gasteiger partial charge in [0, 0.05) is 23.2 Å². The Labute approximate surface area is 70.6 Å². The second-order valence-corrected chi connectivity index (χ2v) is 3.80. The van der Waals surface area contributed by atoms with Crippen molar-refractivity contribution in [2.45, 2.75) is 18.3 Å². The molecule has 1 nitrogen and oxygen atoms in total. The fourth-order valence-electron chi connectivity index (χ4n) is 2.14. The van der Waals surface area contributed by atoms with Crippen LogP contribution < -0.4 is 5.32 Å². The van der Waals surface area contributed by atoms with Crippen molar-refractivity contribution in [3.05, 3.63) is 29.6 Å². The molecule has 1 spiro atoms. The van der Waals surface area contributed by atoms with E-state index in [0.717, 1.165) is 30.6 Å². The van der Waals surface area contributed by atoms with Gasteiger partial charge in [0.25, 0.3) is 0 Å². The number of rotatable bonds is 0. The highest BCUT2D eigenvalue weighted by atomic mass is 19.1. The molecule has 2 aliphatic rings. The van der Waals surface area contributed by atoms with Gasteiger partial charge < -0.3 is 5.32 Å². The van der Waals surface area contributed by atoms with E-state index in [9.17, 15) is 4.39 Å². The van der Waals surface area contributed by atoms with E-state index in [1.54, 1.807) is 12.1 Å². The fraction of sp³-hybridized carbons (Fsp3) is 0.400. The van der Waals surface area contributed by atoms with E-state index in [2.05, 4.69) is 5.32 Å². The third-order valence-corrected chi connectivity index (χ3v) is 3.01. The zero-order valence-corrected chi connectivity index (χ0v) is 6.73. The molecule has 1 aromatic rings. The van der Waals surface area contributed by atoms with Gasteiger partial charge in [0.15, 0.2) is 0 Å². The minimum absolute atomic E-state index is 0.0324. The number of hydrogen-bond acceptors (Lipinski definition) is 1. The van der Waals surface area contributed by atoms with Gasteiger partial charge >= 0.3 is 0 Å². The Kier molecular flexibility index (Phi) is 0.978. The zero-order chi connectivity index (χ0) is 8.18. The Morgan fingerprint density at radius 2 is 2.17 bits per heavy atom. The molecule has 62 valence electrons. The highest BCUT2D eigenvalue weighted by Crippen LogP contribution is 2.54. The van der Waals surface area contributed by atoms with Gasteiger partial charge in [-0.2, -0.15) is 0 Å². The summed E-state index contributed by atoms with van der Waals surface area (Å²) in [6, 6.07) is 5.29. The maximum atomic E-state index is 13.4. The molecule has 0 bridgehead atoms. The van der Waals surface area contributed by atoms with Gasteiger partial charge in [-0.15, -0.1) is 0 Å². The lowest BCUT2D eigenvalue weighted by Crippen LogP contribution is -2.09. The zero-order valence-electron chi connectivity index (χ0n) is 6.73. The van der Waals surface area contributed by atoms with Crippen LogP contribution in [0.5, 0.6) is 0 Å². The van der Waals surface area contributed by atoms with Gasteiger partial charge in [-0.1, -0.05) is 6.07 Å². The van der Waals surface area contributed by atoms with E-state index in [1.165, 1.54) is 0 Å². The molecule has 1 heterocycles. The van der Waals surface area contributed by atoms with Crippen molar-refractivity contribution < 1.29 is 4.39 Å². The first-order valence-electron chi connectivity index (χ1n) is 4.35. The lowest BCUT2D eigenvalue weighted by Gasteiger charge is -2.05. The lowest BCUT2D eigenvalue weighted by atomic mass is 9.98. The first-order valence-corrected chi connectivity index (χ1v) is 4.35. The van der Waals surface area contributed by atoms with Crippen LogP contribution in [0.2, 0.25) is 0 Å². The fourth-order valence-corrected chi connectivity index (χ4v) is 2.14. The van der Waals surface area contributed by atoms with Crippen LogP contribution in [0.15, 0.2) is 18.2 Å². The third-order valence-electron chi connectivity index (χ3n) is 3.01. The molecule has 1 aromatic carbocycles. The molecule has 0 saturated heterocycles. The Balaban J connectivity index is 2.26. The molecule has 1 saturated carbocycles. The number of halogens is 1. The van der Waals surface area contributed by atoms with Gasteiger partial charge in [-0.3, -0.25) is 0 Å². The normalized spacial score (nSPS) is 22.1.